The Hall–Kier alpha value is -2.18. The van der Waals surface area contributed by atoms with E-state index in [2.05, 4.69) is 67.8 Å². The maximum Gasteiger partial charge on any atom is 0.305 e. The zero-order chi connectivity index (χ0) is 64.2. The minimum Gasteiger partial charge on any atom is -0.466 e. The maximum absolute atomic E-state index is 12.6. The molecule has 0 aromatic heterocycles. The van der Waals surface area contributed by atoms with Gasteiger partial charge < -0.3 is 20.3 Å². The Morgan fingerprint density at radius 1 is 0.315 bits per heavy atom. The van der Waals surface area contributed by atoms with Gasteiger partial charge in [0.1, 0.15) is 0 Å². The molecule has 2 unspecified atom stereocenters. The summed E-state index contributed by atoms with van der Waals surface area (Å²) in [6, 6.07) is -0.542. The van der Waals surface area contributed by atoms with Crippen molar-refractivity contribution < 1.29 is 24.5 Å². The van der Waals surface area contributed by atoms with Crippen LogP contribution in [0.2, 0.25) is 0 Å². The van der Waals surface area contributed by atoms with Gasteiger partial charge in [-0.05, 0) is 83.5 Å². The number of rotatable bonds is 76. The van der Waals surface area contributed by atoms with Gasteiger partial charge in [-0.25, -0.2) is 0 Å². The highest BCUT2D eigenvalue weighted by Gasteiger charge is 2.20. The number of hydrogen-bond donors (Lipinski definition) is 3. The Labute approximate surface area is 556 Å². The SMILES string of the molecule is CCCC/C=C\C/C=C\CCCCCCCC(=O)OCCCCCCCCCCC/C=C\C/C=C\CCCCCCCCCCCCCCCCCCCC(=O)NC(CO)C(O)CCCCCCCCCCCCCCCCCCCCCCCCCCC. The summed E-state index contributed by atoms with van der Waals surface area (Å²) in [7, 11) is 0. The lowest BCUT2D eigenvalue weighted by molar-refractivity contribution is -0.143. The molecule has 1 amide bonds. The Kier molecular flexibility index (Phi) is 76.3. The molecule has 6 heteroatoms. The van der Waals surface area contributed by atoms with E-state index in [9.17, 15) is 19.8 Å². The van der Waals surface area contributed by atoms with Crippen molar-refractivity contribution >= 4 is 11.9 Å². The summed E-state index contributed by atoms with van der Waals surface area (Å²) in [5.74, 6) is -0.0279. The number of ether oxygens (including phenoxy) is 1. The number of aliphatic hydroxyl groups is 2. The van der Waals surface area contributed by atoms with Crippen molar-refractivity contribution in [1.82, 2.24) is 5.32 Å². The molecule has 0 aromatic carbocycles. The molecule has 6 nitrogen and oxygen atoms in total. The number of hydrogen-bond acceptors (Lipinski definition) is 5. The molecule has 3 N–H and O–H groups in total. The second kappa shape index (κ2) is 78.3. The zero-order valence-electron chi connectivity index (χ0n) is 60.2. The minimum absolute atomic E-state index is 0.0000213. The Morgan fingerprint density at radius 2 is 0.573 bits per heavy atom. The second-order valence-corrected chi connectivity index (χ2v) is 27.7. The molecule has 0 saturated carbocycles. The fraction of sp³-hybridized carbons (Fsp3) is 0.880. The molecule has 0 aliphatic heterocycles. The van der Waals surface area contributed by atoms with Crippen LogP contribution in [0.15, 0.2) is 48.6 Å². The number of amides is 1. The van der Waals surface area contributed by atoms with E-state index < -0.39 is 12.1 Å². The summed E-state index contributed by atoms with van der Waals surface area (Å²) >= 11 is 0. The van der Waals surface area contributed by atoms with Crippen LogP contribution < -0.4 is 5.32 Å². The first-order valence-electron chi connectivity index (χ1n) is 40.4. The van der Waals surface area contributed by atoms with Gasteiger partial charge in [0.25, 0.3) is 0 Å². The van der Waals surface area contributed by atoms with Crippen molar-refractivity contribution in [2.75, 3.05) is 13.2 Å². The van der Waals surface area contributed by atoms with Crippen LogP contribution in [0.25, 0.3) is 0 Å². The van der Waals surface area contributed by atoms with Crippen molar-refractivity contribution in [3.05, 3.63) is 48.6 Å². The van der Waals surface area contributed by atoms with Crippen LogP contribution in [0.1, 0.15) is 444 Å². The summed E-state index contributed by atoms with van der Waals surface area (Å²) in [5, 5.41) is 23.5. The predicted molar refractivity (Wildman–Crippen MR) is 393 cm³/mol. The van der Waals surface area contributed by atoms with E-state index in [-0.39, 0.29) is 18.5 Å². The lowest BCUT2D eigenvalue weighted by Crippen LogP contribution is -2.45. The summed E-state index contributed by atoms with van der Waals surface area (Å²) in [4.78, 5) is 24.6. The number of allylic oxidation sites excluding steroid dienone is 8. The van der Waals surface area contributed by atoms with Gasteiger partial charge in [0.2, 0.25) is 5.91 Å². The van der Waals surface area contributed by atoms with Crippen LogP contribution in [0.4, 0.5) is 0 Å². The number of aliphatic hydroxyl groups excluding tert-OH is 2. The second-order valence-electron chi connectivity index (χ2n) is 27.7. The molecule has 0 aliphatic carbocycles. The lowest BCUT2D eigenvalue weighted by atomic mass is 10.0. The largest absolute Gasteiger partial charge is 0.466 e. The highest BCUT2D eigenvalue weighted by Crippen LogP contribution is 2.20. The molecule has 0 radical (unpaired) electrons. The molecule has 0 saturated heterocycles. The third kappa shape index (κ3) is 74.7. The molecule has 0 fully saturated rings. The Morgan fingerprint density at radius 3 is 0.888 bits per heavy atom. The molecular weight excluding hydrogens is 1090 g/mol. The van der Waals surface area contributed by atoms with Crippen LogP contribution in [0.5, 0.6) is 0 Å². The third-order valence-electron chi connectivity index (χ3n) is 18.9. The average Bonchev–Trinajstić information content (AvgIpc) is 3.68. The number of esters is 1. The molecule has 0 spiro atoms. The van der Waals surface area contributed by atoms with E-state index in [0.29, 0.717) is 25.9 Å². The van der Waals surface area contributed by atoms with Crippen LogP contribution >= 0.6 is 0 Å². The van der Waals surface area contributed by atoms with Crippen LogP contribution in [-0.2, 0) is 14.3 Å². The maximum atomic E-state index is 12.6. The van der Waals surface area contributed by atoms with Gasteiger partial charge in [0.15, 0.2) is 0 Å². The van der Waals surface area contributed by atoms with Gasteiger partial charge >= 0.3 is 5.97 Å². The van der Waals surface area contributed by atoms with Gasteiger partial charge in [-0.1, -0.05) is 396 Å². The zero-order valence-corrected chi connectivity index (χ0v) is 60.2. The summed E-state index contributed by atoms with van der Waals surface area (Å²) in [5.41, 5.74) is 0. The van der Waals surface area contributed by atoms with E-state index in [0.717, 1.165) is 57.8 Å². The van der Waals surface area contributed by atoms with Gasteiger partial charge in [0, 0.05) is 12.8 Å². The lowest BCUT2D eigenvalue weighted by Gasteiger charge is -2.22. The third-order valence-corrected chi connectivity index (χ3v) is 18.9. The topological polar surface area (TPSA) is 95.9 Å². The van der Waals surface area contributed by atoms with Gasteiger partial charge in [0.05, 0.1) is 25.4 Å². The first-order chi connectivity index (χ1) is 44.0. The number of unbranched alkanes of at least 4 members (excludes halogenated alkanes) is 57. The quantitative estimate of drug-likeness (QED) is 0.0320. The Bertz CT molecular complexity index is 1490. The normalized spacial score (nSPS) is 12.7. The molecule has 0 bridgehead atoms. The number of carbonyl (C=O) groups excluding carboxylic acids is 2. The molecule has 0 aliphatic rings. The van der Waals surface area contributed by atoms with E-state index in [1.54, 1.807) is 0 Å². The van der Waals surface area contributed by atoms with Crippen LogP contribution in [0.3, 0.4) is 0 Å². The summed E-state index contributed by atoms with van der Waals surface area (Å²) in [6.45, 7) is 4.95. The van der Waals surface area contributed by atoms with Crippen molar-refractivity contribution in [1.29, 1.82) is 0 Å². The highest BCUT2D eigenvalue weighted by atomic mass is 16.5. The number of carbonyl (C=O) groups is 2. The molecule has 89 heavy (non-hydrogen) atoms. The molecule has 0 heterocycles. The first kappa shape index (κ1) is 86.8. The fourth-order valence-electron chi connectivity index (χ4n) is 12.7. The smallest absolute Gasteiger partial charge is 0.305 e. The molecular formula is C83H157NO5. The van der Waals surface area contributed by atoms with E-state index in [1.165, 1.54) is 353 Å². The molecule has 0 rings (SSSR count). The van der Waals surface area contributed by atoms with Crippen molar-refractivity contribution in [3.8, 4) is 0 Å². The van der Waals surface area contributed by atoms with Crippen LogP contribution in [-0.4, -0.2) is 47.4 Å². The van der Waals surface area contributed by atoms with E-state index >= 15 is 0 Å². The minimum atomic E-state index is -0.665. The molecule has 0 aromatic rings. The van der Waals surface area contributed by atoms with Crippen molar-refractivity contribution in [2.45, 2.75) is 456 Å². The van der Waals surface area contributed by atoms with Crippen molar-refractivity contribution in [3.63, 3.8) is 0 Å². The number of nitrogens with one attached hydrogen (secondary N) is 1. The summed E-state index contributed by atoms with van der Waals surface area (Å²) in [6.07, 6.45) is 104. The summed E-state index contributed by atoms with van der Waals surface area (Å²) < 4.78 is 5.48. The fourth-order valence-corrected chi connectivity index (χ4v) is 12.7. The van der Waals surface area contributed by atoms with E-state index in [1.807, 2.05) is 0 Å². The van der Waals surface area contributed by atoms with Gasteiger partial charge in [-0.3, -0.25) is 9.59 Å². The van der Waals surface area contributed by atoms with Gasteiger partial charge in [-0.2, -0.15) is 0 Å². The van der Waals surface area contributed by atoms with Crippen LogP contribution in [0, 0.1) is 0 Å². The highest BCUT2D eigenvalue weighted by molar-refractivity contribution is 5.76. The standard InChI is InChI=1S/C83H157NO5/c1-3-5-7-9-11-13-15-17-19-20-21-22-23-33-36-39-42-45-48-51-55-59-63-67-71-75-81(86)80(79-85)84-82(87)76-72-68-64-60-56-52-49-46-43-40-37-34-31-29-27-25-24-26-28-30-32-35-38-41-44-47-50-54-58-62-66-70-74-78-89-83(88)77-73-69-65-61-57-53-18-16-14-12-10-8-6-4-2/h10,12,16,18,28,30,35,38,80-81,85-86H,3-9,11,13-15,17,19-27,29,31-34,36-37,39-79H2,1-2H3,(H,84,87)/b12-10-,18-16-,30-28-,38-35-. The van der Waals surface area contributed by atoms with E-state index in [4.69, 9.17) is 4.74 Å². The average molecular weight is 1250 g/mol. The Balaban J connectivity index is 3.39. The first-order valence-corrected chi connectivity index (χ1v) is 40.4. The molecule has 2 atom stereocenters. The molecule has 524 valence electrons. The van der Waals surface area contributed by atoms with Gasteiger partial charge in [-0.15, -0.1) is 0 Å². The van der Waals surface area contributed by atoms with Crippen molar-refractivity contribution in [2.24, 2.45) is 0 Å². The monoisotopic (exact) mass is 1250 g/mol. The predicted octanol–water partition coefficient (Wildman–Crippen LogP) is 26.8.